The minimum absolute atomic E-state index is 0.0266. The highest BCUT2D eigenvalue weighted by molar-refractivity contribution is 5.91. The Bertz CT molecular complexity index is 1290. The molecule has 3 N–H and O–H groups in total. The minimum atomic E-state index is -4.64. The number of alkyl halides is 5. The van der Waals surface area contributed by atoms with Gasteiger partial charge in [0.25, 0.3) is 0 Å². The predicted molar refractivity (Wildman–Crippen MR) is 126 cm³/mol. The summed E-state index contributed by atoms with van der Waals surface area (Å²) in [6.45, 7) is 1.64. The Morgan fingerprint density at radius 1 is 1.00 bits per heavy atom. The van der Waals surface area contributed by atoms with Crippen LogP contribution in [0.1, 0.15) is 30.1 Å². The fraction of sp³-hybridized carbons (Fsp3) is 0.458. The number of rotatable bonds is 9. The number of nitrogen functional groups attached to an aromatic ring is 1. The smallest absolute Gasteiger partial charge is 0.433 e. The van der Waals surface area contributed by atoms with Gasteiger partial charge < -0.3 is 25.3 Å². The second-order valence-corrected chi connectivity index (χ2v) is 9.20. The van der Waals surface area contributed by atoms with Crippen LogP contribution < -0.4 is 20.5 Å². The molecular formula is C24H26F5N5O3. The van der Waals surface area contributed by atoms with Crippen molar-refractivity contribution in [1.29, 1.82) is 0 Å². The van der Waals surface area contributed by atoms with Crippen molar-refractivity contribution in [2.24, 2.45) is 5.41 Å². The Morgan fingerprint density at radius 3 is 2.35 bits per heavy atom. The fourth-order valence-electron chi connectivity index (χ4n) is 4.51. The Kier molecular flexibility index (Phi) is 7.01. The molecule has 0 unspecified atom stereocenters. The summed E-state index contributed by atoms with van der Waals surface area (Å²) in [4.78, 5) is 12.4. The van der Waals surface area contributed by atoms with Crippen LogP contribution in [0.15, 0.2) is 24.3 Å². The van der Waals surface area contributed by atoms with Crippen molar-refractivity contribution in [1.82, 2.24) is 15.0 Å². The van der Waals surface area contributed by atoms with E-state index in [4.69, 9.17) is 19.9 Å². The van der Waals surface area contributed by atoms with Crippen molar-refractivity contribution in [2.75, 3.05) is 38.5 Å². The fourth-order valence-corrected chi connectivity index (χ4v) is 4.51. The third kappa shape index (κ3) is 5.92. The van der Waals surface area contributed by atoms with Gasteiger partial charge in [-0.3, -0.25) is 0 Å². The molecule has 0 spiro atoms. The number of nitrogens with two attached hydrogens (primary N) is 1. The number of ether oxygens (including phenoxy) is 3. The largest absolute Gasteiger partial charge is 0.493 e. The molecule has 3 aromatic rings. The predicted octanol–water partition coefficient (Wildman–Crippen LogP) is 5.00. The van der Waals surface area contributed by atoms with E-state index in [-0.39, 0.29) is 49.7 Å². The summed E-state index contributed by atoms with van der Waals surface area (Å²) in [6, 6.07) is 5.31. The number of nitrogens with zero attached hydrogens (tertiary/aromatic N) is 3. The number of hydrogen-bond acceptors (Lipinski definition) is 8. The summed E-state index contributed by atoms with van der Waals surface area (Å²) in [7, 11) is 2.88. The zero-order valence-electron chi connectivity index (χ0n) is 20.4. The van der Waals surface area contributed by atoms with E-state index in [1.165, 1.54) is 20.3 Å². The SMILES string of the molecule is COCC1(COc2cc3c(NCc4cc(N)cc(C(F)(F)F)n4)nc(C)nc3cc2OC)CC(F)(F)C1. The van der Waals surface area contributed by atoms with Crippen molar-refractivity contribution in [3.63, 3.8) is 0 Å². The average Bonchev–Trinajstić information content (AvgIpc) is 2.78. The van der Waals surface area contributed by atoms with Crippen molar-refractivity contribution in [2.45, 2.75) is 38.4 Å². The lowest BCUT2D eigenvalue weighted by Gasteiger charge is -2.46. The molecular weight excluding hydrogens is 501 g/mol. The van der Waals surface area contributed by atoms with Gasteiger partial charge in [-0.15, -0.1) is 0 Å². The second kappa shape index (κ2) is 9.77. The highest BCUT2D eigenvalue weighted by atomic mass is 19.4. The first-order valence-corrected chi connectivity index (χ1v) is 11.3. The van der Waals surface area contributed by atoms with Crippen molar-refractivity contribution in [3.05, 3.63) is 41.5 Å². The number of hydrogen-bond donors (Lipinski definition) is 2. The first-order chi connectivity index (χ1) is 17.3. The number of methoxy groups -OCH3 is 2. The monoisotopic (exact) mass is 527 g/mol. The van der Waals surface area contributed by atoms with E-state index < -0.39 is 23.2 Å². The van der Waals surface area contributed by atoms with Gasteiger partial charge >= 0.3 is 6.18 Å². The standard InChI is InChI=1S/C24H26F5N5O3/c1-13-32-17-7-18(36-3)19(37-12-22(11-35-2)9-23(25,26)10-22)6-16(17)21(33-13)31-8-15-4-14(30)5-20(34-15)24(27,28)29/h4-7H,8-12H2,1-3H3,(H2,30,34)(H,31,32,33). The molecule has 0 saturated heterocycles. The number of aryl methyl sites for hydroxylation is 1. The molecule has 0 atom stereocenters. The molecule has 2 aromatic heterocycles. The van der Waals surface area contributed by atoms with Crippen LogP contribution in [-0.2, 0) is 17.5 Å². The van der Waals surface area contributed by atoms with E-state index in [2.05, 4.69) is 20.3 Å². The van der Waals surface area contributed by atoms with Crippen LogP contribution in [0.3, 0.4) is 0 Å². The minimum Gasteiger partial charge on any atom is -0.493 e. The lowest BCUT2D eigenvalue weighted by Crippen LogP contribution is -2.52. The van der Waals surface area contributed by atoms with Gasteiger partial charge in [-0.25, -0.2) is 23.7 Å². The van der Waals surface area contributed by atoms with Crippen LogP contribution in [0, 0.1) is 12.3 Å². The normalized spacial score (nSPS) is 16.3. The maximum absolute atomic E-state index is 13.6. The van der Waals surface area contributed by atoms with Gasteiger partial charge in [-0.2, -0.15) is 13.2 Å². The molecule has 4 rings (SSSR count). The van der Waals surface area contributed by atoms with Crippen LogP contribution >= 0.6 is 0 Å². The van der Waals surface area contributed by atoms with Gasteiger partial charge in [0, 0.05) is 42.5 Å². The van der Waals surface area contributed by atoms with Crippen molar-refractivity contribution >= 4 is 22.4 Å². The summed E-state index contributed by atoms with van der Waals surface area (Å²) in [5.41, 5.74) is 4.18. The lowest BCUT2D eigenvalue weighted by molar-refractivity contribution is -0.190. The quantitative estimate of drug-likeness (QED) is 0.375. The zero-order valence-corrected chi connectivity index (χ0v) is 20.4. The molecule has 1 fully saturated rings. The van der Waals surface area contributed by atoms with E-state index in [1.54, 1.807) is 19.1 Å². The Morgan fingerprint density at radius 2 is 1.73 bits per heavy atom. The molecule has 200 valence electrons. The van der Waals surface area contributed by atoms with Crippen LogP contribution in [-0.4, -0.2) is 48.3 Å². The maximum atomic E-state index is 13.6. The van der Waals surface area contributed by atoms with Gasteiger partial charge in [0.2, 0.25) is 5.92 Å². The molecule has 0 amide bonds. The molecule has 1 aliphatic carbocycles. The van der Waals surface area contributed by atoms with Crippen LogP contribution in [0.2, 0.25) is 0 Å². The van der Waals surface area contributed by atoms with E-state index in [9.17, 15) is 22.0 Å². The summed E-state index contributed by atoms with van der Waals surface area (Å²) in [5.74, 6) is -1.44. The Balaban J connectivity index is 1.62. The van der Waals surface area contributed by atoms with E-state index in [0.717, 1.165) is 6.07 Å². The molecule has 13 heteroatoms. The lowest BCUT2D eigenvalue weighted by atomic mass is 9.67. The highest BCUT2D eigenvalue weighted by Gasteiger charge is 2.57. The molecule has 0 radical (unpaired) electrons. The Hall–Kier alpha value is -3.48. The van der Waals surface area contributed by atoms with Crippen LogP contribution in [0.25, 0.3) is 10.9 Å². The summed E-state index contributed by atoms with van der Waals surface area (Å²) in [5, 5.41) is 3.48. The maximum Gasteiger partial charge on any atom is 0.433 e. The summed E-state index contributed by atoms with van der Waals surface area (Å²) < 4.78 is 83.2. The van der Waals surface area contributed by atoms with E-state index in [0.29, 0.717) is 28.3 Å². The molecule has 1 aliphatic rings. The third-order valence-electron chi connectivity index (χ3n) is 5.97. The van der Waals surface area contributed by atoms with Crippen molar-refractivity contribution < 1.29 is 36.2 Å². The number of benzene rings is 1. The summed E-state index contributed by atoms with van der Waals surface area (Å²) >= 11 is 0. The van der Waals surface area contributed by atoms with Crippen LogP contribution in [0.4, 0.5) is 33.5 Å². The first-order valence-electron chi connectivity index (χ1n) is 11.3. The molecule has 37 heavy (non-hydrogen) atoms. The number of pyridine rings is 1. The molecule has 1 aromatic carbocycles. The average molecular weight is 527 g/mol. The first kappa shape index (κ1) is 26.6. The number of halogens is 5. The zero-order chi connectivity index (χ0) is 27.0. The molecule has 2 heterocycles. The topological polar surface area (TPSA) is 104 Å². The van der Waals surface area contributed by atoms with Crippen LogP contribution in [0.5, 0.6) is 11.5 Å². The van der Waals surface area contributed by atoms with E-state index in [1.807, 2.05) is 0 Å². The molecule has 0 aliphatic heterocycles. The second-order valence-electron chi connectivity index (χ2n) is 9.20. The Labute approximate surface area is 209 Å². The highest BCUT2D eigenvalue weighted by Crippen LogP contribution is 2.52. The number of fused-ring (bicyclic) bond motifs is 1. The molecule has 8 nitrogen and oxygen atoms in total. The van der Waals surface area contributed by atoms with Gasteiger partial charge in [0.15, 0.2) is 11.5 Å². The number of aromatic nitrogens is 3. The van der Waals surface area contributed by atoms with Gasteiger partial charge in [0.05, 0.1) is 38.1 Å². The van der Waals surface area contributed by atoms with Gasteiger partial charge in [-0.1, -0.05) is 0 Å². The van der Waals surface area contributed by atoms with Gasteiger partial charge in [-0.05, 0) is 25.1 Å². The number of nitrogens with one attached hydrogen (secondary N) is 1. The number of anilines is 2. The van der Waals surface area contributed by atoms with E-state index >= 15 is 0 Å². The molecule has 0 bridgehead atoms. The molecule has 1 saturated carbocycles. The summed E-state index contributed by atoms with van der Waals surface area (Å²) in [6.07, 6.45) is -5.35. The van der Waals surface area contributed by atoms with Crippen molar-refractivity contribution in [3.8, 4) is 11.5 Å². The third-order valence-corrected chi connectivity index (χ3v) is 5.97. The van der Waals surface area contributed by atoms with Gasteiger partial charge in [0.1, 0.15) is 17.3 Å².